The lowest BCUT2D eigenvalue weighted by molar-refractivity contribution is 0.663. The molecule has 3 heteroatoms. The van der Waals surface area contributed by atoms with Crippen LogP contribution in [0.1, 0.15) is 13.3 Å². The van der Waals surface area contributed by atoms with Crippen LogP contribution in [0.5, 0.6) is 0 Å². The fraction of sp³-hybridized carbons (Fsp3) is 1.00. The van der Waals surface area contributed by atoms with Crippen LogP contribution in [0.3, 0.4) is 0 Å². The third-order valence-corrected chi connectivity index (χ3v) is 8.17. The minimum absolute atomic E-state index is 0.341. The Labute approximate surface area is 56.3 Å². The summed E-state index contributed by atoms with van der Waals surface area (Å²) in [6, 6.07) is 3.26. The quantitative estimate of drug-likeness (QED) is 0.483. The highest BCUT2D eigenvalue weighted by Gasteiger charge is 2.09. The van der Waals surface area contributed by atoms with Gasteiger partial charge in [-0.15, -0.1) is 0 Å². The van der Waals surface area contributed by atoms with Crippen molar-refractivity contribution in [1.82, 2.24) is 4.23 Å². The number of nitrogens with zero attached hydrogens (tertiary/aromatic N) is 1. The number of hydrogen-bond acceptors (Lipinski definition) is 1. The summed E-state index contributed by atoms with van der Waals surface area (Å²) in [5.74, 6) is 0. The molecule has 0 amide bonds. The van der Waals surface area contributed by atoms with Crippen LogP contribution in [-0.4, -0.2) is 30.1 Å². The van der Waals surface area contributed by atoms with E-state index in [0.29, 0.717) is 19.4 Å². The van der Waals surface area contributed by atoms with E-state index >= 15 is 0 Å². The molecule has 0 atom stereocenters. The van der Waals surface area contributed by atoms with Gasteiger partial charge in [0.15, 0.2) is 0 Å². The highest BCUT2D eigenvalue weighted by atomic mass is 28.3. The van der Waals surface area contributed by atoms with Gasteiger partial charge in [0.2, 0.25) is 0 Å². The van der Waals surface area contributed by atoms with Crippen LogP contribution < -0.4 is 0 Å². The summed E-state index contributed by atoms with van der Waals surface area (Å²) in [6.45, 7) is 3.74. The summed E-state index contributed by atoms with van der Waals surface area (Å²) in [7, 11) is 0.683. The van der Waals surface area contributed by atoms with E-state index in [1.165, 1.54) is 13.0 Å². The number of rotatable bonds is 2. The SMILES string of the molecule is CCCN1[SiH2]CC[SiH2]1. The Bertz CT molecular complexity index is 61.4. The van der Waals surface area contributed by atoms with Crippen LogP contribution in [0.4, 0.5) is 0 Å². The second-order valence-electron chi connectivity index (χ2n) is 2.55. The first-order valence-corrected chi connectivity index (χ1v) is 6.92. The fourth-order valence-corrected chi connectivity index (χ4v) is 7.32. The van der Waals surface area contributed by atoms with Gasteiger partial charge in [0, 0.05) is 0 Å². The second kappa shape index (κ2) is 3.43. The maximum atomic E-state index is 2.82. The predicted molar refractivity (Wildman–Crippen MR) is 43.7 cm³/mol. The molecule has 48 valence electrons. The van der Waals surface area contributed by atoms with Crippen LogP contribution >= 0.6 is 0 Å². The van der Waals surface area contributed by atoms with Gasteiger partial charge in [-0.05, 0) is 13.0 Å². The molecule has 0 N–H and O–H groups in total. The molecule has 1 rings (SSSR count). The van der Waals surface area contributed by atoms with E-state index in [0.717, 1.165) is 0 Å². The molecule has 1 fully saturated rings. The van der Waals surface area contributed by atoms with Crippen LogP contribution in [0.15, 0.2) is 0 Å². The van der Waals surface area contributed by atoms with Crippen molar-refractivity contribution in [3.05, 3.63) is 0 Å². The lowest BCUT2D eigenvalue weighted by atomic mass is 10.5. The number of hydrogen-bond donors (Lipinski definition) is 0. The molecule has 0 aromatic heterocycles. The van der Waals surface area contributed by atoms with Crippen molar-refractivity contribution in [3.8, 4) is 0 Å². The van der Waals surface area contributed by atoms with Gasteiger partial charge >= 0.3 is 0 Å². The van der Waals surface area contributed by atoms with E-state index in [2.05, 4.69) is 11.2 Å². The molecular weight excluding hydrogens is 130 g/mol. The maximum absolute atomic E-state index is 2.82. The zero-order chi connectivity index (χ0) is 5.82. The predicted octanol–water partition coefficient (Wildman–Crippen LogP) is -0.284. The van der Waals surface area contributed by atoms with Crippen molar-refractivity contribution in [2.24, 2.45) is 0 Å². The average molecular weight is 145 g/mol. The van der Waals surface area contributed by atoms with E-state index < -0.39 is 0 Å². The topological polar surface area (TPSA) is 3.24 Å². The third-order valence-electron chi connectivity index (χ3n) is 1.74. The summed E-state index contributed by atoms with van der Waals surface area (Å²) in [6.07, 6.45) is 1.39. The molecule has 1 saturated heterocycles. The van der Waals surface area contributed by atoms with E-state index in [4.69, 9.17) is 0 Å². The lowest BCUT2D eigenvalue weighted by Gasteiger charge is -2.11. The summed E-state index contributed by atoms with van der Waals surface area (Å²) in [5, 5.41) is 0. The zero-order valence-corrected chi connectivity index (χ0v) is 8.52. The molecule has 0 spiro atoms. The van der Waals surface area contributed by atoms with Gasteiger partial charge in [-0.1, -0.05) is 19.0 Å². The van der Waals surface area contributed by atoms with Gasteiger partial charge in [0.25, 0.3) is 0 Å². The third kappa shape index (κ3) is 1.72. The minimum Gasteiger partial charge on any atom is -0.355 e. The van der Waals surface area contributed by atoms with Crippen LogP contribution in [0, 0.1) is 0 Å². The van der Waals surface area contributed by atoms with E-state index in [1.54, 1.807) is 12.1 Å². The Hall–Kier alpha value is 0.394. The van der Waals surface area contributed by atoms with Crippen LogP contribution in [0.2, 0.25) is 12.1 Å². The Kier molecular flexibility index (Phi) is 2.79. The van der Waals surface area contributed by atoms with Crippen LogP contribution in [0.25, 0.3) is 0 Å². The van der Waals surface area contributed by atoms with E-state index in [1.807, 2.05) is 0 Å². The molecule has 8 heavy (non-hydrogen) atoms. The molecule has 1 aliphatic rings. The minimum atomic E-state index is 0.341. The van der Waals surface area contributed by atoms with Gasteiger partial charge in [-0.2, -0.15) is 0 Å². The highest BCUT2D eigenvalue weighted by Crippen LogP contribution is 2.04. The van der Waals surface area contributed by atoms with Gasteiger partial charge in [0.1, 0.15) is 0 Å². The largest absolute Gasteiger partial charge is 0.355 e. The summed E-state index contributed by atoms with van der Waals surface area (Å²) >= 11 is 0. The van der Waals surface area contributed by atoms with Crippen LogP contribution in [-0.2, 0) is 0 Å². The van der Waals surface area contributed by atoms with Crippen molar-refractivity contribution in [2.75, 3.05) is 6.54 Å². The van der Waals surface area contributed by atoms with Crippen molar-refractivity contribution >= 4 is 19.4 Å². The maximum Gasteiger partial charge on any atom is 0.0868 e. The van der Waals surface area contributed by atoms with E-state index in [-0.39, 0.29) is 0 Å². The molecule has 0 aromatic rings. The molecule has 0 unspecified atom stereocenters. The fourth-order valence-electron chi connectivity index (χ4n) is 1.32. The summed E-state index contributed by atoms with van der Waals surface area (Å²) in [5.41, 5.74) is 0. The van der Waals surface area contributed by atoms with Crippen molar-refractivity contribution in [2.45, 2.75) is 25.4 Å². The highest BCUT2D eigenvalue weighted by molar-refractivity contribution is 6.56. The average Bonchev–Trinajstić information content (AvgIpc) is 2.19. The molecule has 0 radical (unpaired) electrons. The summed E-state index contributed by atoms with van der Waals surface area (Å²) in [4.78, 5) is 0. The Morgan fingerprint density at radius 2 is 2.00 bits per heavy atom. The first kappa shape index (κ1) is 6.51. The molecule has 1 nitrogen and oxygen atoms in total. The normalized spacial score (nSPS) is 28.1. The molecule has 1 aliphatic heterocycles. The first-order chi connectivity index (χ1) is 3.93. The molecule has 0 aromatic carbocycles. The molecule has 0 bridgehead atoms. The summed E-state index contributed by atoms with van der Waals surface area (Å²) < 4.78 is 2.82. The van der Waals surface area contributed by atoms with Crippen molar-refractivity contribution < 1.29 is 0 Å². The molecule has 1 heterocycles. The van der Waals surface area contributed by atoms with Gasteiger partial charge in [-0.3, -0.25) is 0 Å². The smallest absolute Gasteiger partial charge is 0.0868 e. The van der Waals surface area contributed by atoms with Gasteiger partial charge < -0.3 is 4.23 Å². The zero-order valence-electron chi connectivity index (χ0n) is 5.69. The van der Waals surface area contributed by atoms with E-state index in [9.17, 15) is 0 Å². The van der Waals surface area contributed by atoms with Gasteiger partial charge in [0.05, 0.1) is 19.4 Å². The molecule has 0 aliphatic carbocycles. The Morgan fingerprint density at radius 3 is 2.50 bits per heavy atom. The monoisotopic (exact) mass is 145 g/mol. The van der Waals surface area contributed by atoms with Gasteiger partial charge in [-0.25, -0.2) is 0 Å². The van der Waals surface area contributed by atoms with Crippen molar-refractivity contribution in [1.29, 1.82) is 0 Å². The first-order valence-electron chi connectivity index (χ1n) is 3.66. The standard InChI is InChI=1S/C5H15NSi2/c1-2-3-6-7-4-5-8-6/h2-5,7-8H2,1H3. The molecular formula is C5H15NSi2. The Morgan fingerprint density at radius 1 is 1.38 bits per heavy atom. The second-order valence-corrected chi connectivity index (χ2v) is 7.54. The Balaban J connectivity index is 2.06. The van der Waals surface area contributed by atoms with Crippen molar-refractivity contribution in [3.63, 3.8) is 0 Å². The lowest BCUT2D eigenvalue weighted by Crippen LogP contribution is -2.24. The molecule has 0 saturated carbocycles.